The van der Waals surface area contributed by atoms with Gasteiger partial charge in [-0.2, -0.15) is 0 Å². The van der Waals surface area contributed by atoms with Crippen LogP contribution in [0.3, 0.4) is 0 Å². The van der Waals surface area contributed by atoms with Crippen molar-refractivity contribution in [1.29, 1.82) is 0 Å². The number of nitrogens with zero attached hydrogens (tertiary/aromatic N) is 1. The highest BCUT2D eigenvalue weighted by molar-refractivity contribution is 9.10. The van der Waals surface area contributed by atoms with E-state index in [1.807, 2.05) is 18.2 Å². The SMILES string of the molecule is C[n+]1[nH]oc(=O)c1SCC(=O)Nc1ccccc1Br. The van der Waals surface area contributed by atoms with E-state index in [9.17, 15) is 9.59 Å². The first kappa shape index (κ1) is 13.9. The largest absolute Gasteiger partial charge is 0.441 e. The standard InChI is InChI=1S/C11H10BrN3O3S/c1-15-10(11(17)18-14-15)19-6-9(16)13-8-5-3-2-4-7(8)12/h2-5H,6H2,1H3,(H-,13,14,16,17)/p+1. The lowest BCUT2D eigenvalue weighted by molar-refractivity contribution is -0.772. The maximum Gasteiger partial charge on any atom is 0.441 e. The molecule has 0 saturated carbocycles. The van der Waals surface area contributed by atoms with Crippen LogP contribution in [0.1, 0.15) is 0 Å². The maximum atomic E-state index is 11.8. The van der Waals surface area contributed by atoms with E-state index in [0.29, 0.717) is 10.7 Å². The summed E-state index contributed by atoms with van der Waals surface area (Å²) >= 11 is 4.45. The van der Waals surface area contributed by atoms with Crippen molar-refractivity contribution in [3.63, 3.8) is 0 Å². The average Bonchev–Trinajstić information content (AvgIpc) is 2.70. The first-order valence-corrected chi connectivity index (χ1v) is 7.10. The van der Waals surface area contributed by atoms with Gasteiger partial charge in [-0.05, 0) is 45.1 Å². The number of hydrogen-bond donors (Lipinski definition) is 2. The molecule has 0 radical (unpaired) electrons. The van der Waals surface area contributed by atoms with Crippen LogP contribution in [0.25, 0.3) is 0 Å². The summed E-state index contributed by atoms with van der Waals surface area (Å²) in [5.41, 5.74) is 0.208. The van der Waals surface area contributed by atoms with E-state index in [4.69, 9.17) is 0 Å². The molecule has 100 valence electrons. The van der Waals surface area contributed by atoms with Crippen LogP contribution in [0.2, 0.25) is 0 Å². The van der Waals surface area contributed by atoms with Crippen molar-refractivity contribution in [3.8, 4) is 0 Å². The van der Waals surface area contributed by atoms with Gasteiger partial charge in [0, 0.05) is 4.47 Å². The number of carbonyl (C=O) groups is 1. The highest BCUT2D eigenvalue weighted by Gasteiger charge is 2.19. The van der Waals surface area contributed by atoms with Crippen molar-refractivity contribution in [2.75, 3.05) is 11.1 Å². The van der Waals surface area contributed by atoms with Gasteiger partial charge in [-0.3, -0.25) is 9.32 Å². The van der Waals surface area contributed by atoms with Crippen LogP contribution in [-0.4, -0.2) is 16.9 Å². The quantitative estimate of drug-likeness (QED) is 0.647. The van der Waals surface area contributed by atoms with E-state index in [-0.39, 0.29) is 11.7 Å². The average molecular weight is 345 g/mol. The second-order valence-electron chi connectivity index (χ2n) is 3.66. The topological polar surface area (TPSA) is 79.0 Å². The van der Waals surface area contributed by atoms with Gasteiger partial charge in [-0.15, -0.1) is 0 Å². The molecule has 19 heavy (non-hydrogen) atoms. The van der Waals surface area contributed by atoms with Crippen molar-refractivity contribution < 1.29 is 14.0 Å². The highest BCUT2D eigenvalue weighted by atomic mass is 79.9. The molecule has 6 nitrogen and oxygen atoms in total. The minimum Gasteiger partial charge on any atom is -0.324 e. The number of para-hydroxylation sites is 1. The van der Waals surface area contributed by atoms with E-state index in [2.05, 4.69) is 31.0 Å². The molecule has 0 aliphatic heterocycles. The van der Waals surface area contributed by atoms with Crippen LogP contribution < -0.4 is 15.6 Å². The predicted molar refractivity (Wildman–Crippen MR) is 74.0 cm³/mol. The minimum absolute atomic E-state index is 0.123. The summed E-state index contributed by atoms with van der Waals surface area (Å²) in [4.78, 5) is 23.1. The van der Waals surface area contributed by atoms with Crippen LogP contribution in [0.5, 0.6) is 0 Å². The van der Waals surface area contributed by atoms with E-state index in [1.54, 1.807) is 13.1 Å². The summed E-state index contributed by atoms with van der Waals surface area (Å²) < 4.78 is 6.82. The van der Waals surface area contributed by atoms with Crippen LogP contribution in [0.15, 0.2) is 43.1 Å². The number of rotatable bonds is 4. The van der Waals surface area contributed by atoms with Gasteiger partial charge < -0.3 is 5.32 Å². The Morgan fingerprint density at radius 1 is 1.53 bits per heavy atom. The highest BCUT2D eigenvalue weighted by Crippen LogP contribution is 2.21. The molecule has 8 heteroatoms. The molecular formula is C11H11BrN3O3S+. The Hall–Kier alpha value is -1.54. The predicted octanol–water partition coefficient (Wildman–Crippen LogP) is 1.29. The first-order chi connectivity index (χ1) is 9.08. The van der Waals surface area contributed by atoms with Gasteiger partial charge in [0.15, 0.2) is 7.05 Å². The van der Waals surface area contributed by atoms with Crippen LogP contribution in [0, 0.1) is 0 Å². The molecule has 0 fully saturated rings. The summed E-state index contributed by atoms with van der Waals surface area (Å²) in [6.45, 7) is 0. The second-order valence-corrected chi connectivity index (χ2v) is 5.48. The monoisotopic (exact) mass is 344 g/mol. The number of carbonyl (C=O) groups excluding carboxylic acids is 1. The molecular weight excluding hydrogens is 334 g/mol. The number of nitrogens with one attached hydrogen (secondary N) is 2. The number of anilines is 1. The molecule has 0 unspecified atom stereocenters. The smallest absolute Gasteiger partial charge is 0.324 e. The molecule has 2 aromatic rings. The Morgan fingerprint density at radius 3 is 2.89 bits per heavy atom. The van der Waals surface area contributed by atoms with Crippen molar-refractivity contribution in [1.82, 2.24) is 5.27 Å². The van der Waals surface area contributed by atoms with Gasteiger partial charge in [0.25, 0.3) is 0 Å². The molecule has 0 saturated heterocycles. The summed E-state index contributed by atoms with van der Waals surface area (Å²) in [6, 6.07) is 7.31. The number of amides is 1. The third-order valence-corrected chi connectivity index (χ3v) is 4.05. The van der Waals surface area contributed by atoms with Gasteiger partial charge in [0.1, 0.15) is 0 Å². The lowest BCUT2D eigenvalue weighted by atomic mass is 10.3. The Kier molecular flexibility index (Phi) is 4.43. The Bertz CT molecular complexity index is 653. The Balaban J connectivity index is 1.96. The molecule has 1 aromatic heterocycles. The number of benzene rings is 1. The number of aromatic amines is 1. The van der Waals surface area contributed by atoms with Crippen LogP contribution in [-0.2, 0) is 11.8 Å². The summed E-state index contributed by atoms with van der Waals surface area (Å²) in [5.74, 6) is -0.0740. The van der Waals surface area contributed by atoms with Crippen molar-refractivity contribution >= 4 is 39.3 Å². The number of aromatic nitrogens is 2. The molecule has 2 N–H and O–H groups in total. The number of thioether (sulfide) groups is 1. The lowest BCUT2D eigenvalue weighted by Gasteiger charge is -2.05. The van der Waals surface area contributed by atoms with Gasteiger partial charge in [0.05, 0.1) is 11.4 Å². The van der Waals surface area contributed by atoms with E-state index in [1.165, 1.54) is 4.68 Å². The van der Waals surface area contributed by atoms with Crippen LogP contribution >= 0.6 is 27.7 Å². The Morgan fingerprint density at radius 2 is 2.26 bits per heavy atom. The number of hydrogen-bond acceptors (Lipinski definition) is 4. The van der Waals surface area contributed by atoms with Gasteiger partial charge >= 0.3 is 10.7 Å². The third-order valence-electron chi connectivity index (χ3n) is 2.24. The summed E-state index contributed by atoms with van der Waals surface area (Å²) in [6.07, 6.45) is 0. The van der Waals surface area contributed by atoms with Crippen LogP contribution in [0.4, 0.5) is 5.69 Å². The van der Waals surface area contributed by atoms with Crippen molar-refractivity contribution in [2.45, 2.75) is 5.03 Å². The zero-order chi connectivity index (χ0) is 13.8. The van der Waals surface area contributed by atoms with Gasteiger partial charge in [-0.1, -0.05) is 16.8 Å². The van der Waals surface area contributed by atoms with E-state index in [0.717, 1.165) is 16.2 Å². The molecule has 0 bridgehead atoms. The molecule has 1 amide bonds. The fraction of sp³-hybridized carbons (Fsp3) is 0.182. The zero-order valence-electron chi connectivity index (χ0n) is 9.97. The first-order valence-electron chi connectivity index (χ1n) is 5.32. The molecule has 0 aliphatic rings. The van der Waals surface area contributed by atoms with Gasteiger partial charge in [0.2, 0.25) is 5.91 Å². The molecule has 1 aromatic carbocycles. The van der Waals surface area contributed by atoms with E-state index >= 15 is 0 Å². The molecule has 1 heterocycles. The summed E-state index contributed by atoms with van der Waals surface area (Å²) in [7, 11) is 1.64. The van der Waals surface area contributed by atoms with E-state index < -0.39 is 5.63 Å². The molecule has 0 spiro atoms. The lowest BCUT2D eigenvalue weighted by Crippen LogP contribution is -2.34. The summed E-state index contributed by atoms with van der Waals surface area (Å²) in [5, 5.41) is 5.49. The molecule has 0 aliphatic carbocycles. The van der Waals surface area contributed by atoms with Gasteiger partial charge in [-0.25, -0.2) is 4.79 Å². The molecule has 0 atom stereocenters. The van der Waals surface area contributed by atoms with Crippen molar-refractivity contribution in [3.05, 3.63) is 39.2 Å². The minimum atomic E-state index is -0.485. The Labute approximate surface area is 121 Å². The molecule has 2 rings (SSSR count). The normalized spacial score (nSPS) is 10.4. The maximum absolute atomic E-state index is 11.8. The van der Waals surface area contributed by atoms with Crippen molar-refractivity contribution in [2.24, 2.45) is 7.05 Å². The number of aryl methyl sites for hydroxylation is 1. The number of H-pyrrole nitrogens is 1. The fourth-order valence-corrected chi connectivity index (χ4v) is 2.48. The zero-order valence-corrected chi connectivity index (χ0v) is 12.4. The third kappa shape index (κ3) is 3.48. The second kappa shape index (κ2) is 6.07. The fourth-order valence-electron chi connectivity index (χ4n) is 1.37. The number of halogens is 1.